The Labute approximate surface area is 198 Å². The number of hydrogen-bond donors (Lipinski definition) is 1. The van der Waals surface area contributed by atoms with Gasteiger partial charge in [-0.05, 0) is 47.4 Å². The number of aromatic nitrogens is 1. The van der Waals surface area contributed by atoms with Crippen molar-refractivity contribution in [2.24, 2.45) is 5.41 Å². The minimum absolute atomic E-state index is 0.0724. The summed E-state index contributed by atoms with van der Waals surface area (Å²) in [5.41, 5.74) is 3.92. The average molecular weight is 476 g/mol. The Balaban J connectivity index is 1.74. The number of halogens is 3. The fourth-order valence-corrected chi connectivity index (χ4v) is 6.02. The van der Waals surface area contributed by atoms with Crippen LogP contribution in [0.15, 0.2) is 24.3 Å². The monoisotopic (exact) mass is 475 g/mol. The van der Waals surface area contributed by atoms with Gasteiger partial charge in [0.2, 0.25) is 0 Å². The van der Waals surface area contributed by atoms with E-state index in [2.05, 4.69) is 27.7 Å². The van der Waals surface area contributed by atoms with Crippen LogP contribution in [0.2, 0.25) is 0 Å². The molecule has 34 heavy (non-hydrogen) atoms. The van der Waals surface area contributed by atoms with Gasteiger partial charge in [-0.1, -0.05) is 39.8 Å². The summed E-state index contributed by atoms with van der Waals surface area (Å²) in [7, 11) is 0. The summed E-state index contributed by atoms with van der Waals surface area (Å²) in [4.78, 5) is 5.09. The predicted octanol–water partition coefficient (Wildman–Crippen LogP) is 6.35. The Morgan fingerprint density at radius 1 is 1.06 bits per heavy atom. The van der Waals surface area contributed by atoms with Gasteiger partial charge in [0.05, 0.1) is 17.3 Å². The number of benzene rings is 1. The molecule has 2 aliphatic heterocycles. The van der Waals surface area contributed by atoms with Gasteiger partial charge in [0.15, 0.2) is 0 Å². The van der Waals surface area contributed by atoms with E-state index >= 15 is 0 Å². The first kappa shape index (κ1) is 23.8. The van der Waals surface area contributed by atoms with Crippen LogP contribution in [-0.2, 0) is 27.7 Å². The van der Waals surface area contributed by atoms with Gasteiger partial charge >= 0.3 is 6.18 Å². The van der Waals surface area contributed by atoms with Crippen LogP contribution in [0.3, 0.4) is 0 Å². The molecule has 7 heteroatoms. The lowest BCUT2D eigenvalue weighted by atomic mass is 9.70. The minimum Gasteiger partial charge on any atom is -0.388 e. The highest BCUT2D eigenvalue weighted by Crippen LogP contribution is 2.57. The SMILES string of the molecule is CC(C)c1nc2c(c3c1[C@H](c1ccc(C(F)(F)F)cc1)OC31CCOCC1)[C@H](O)CC(C)(C)C2. The van der Waals surface area contributed by atoms with Crippen molar-refractivity contribution in [3.05, 3.63) is 63.5 Å². The first-order valence-corrected chi connectivity index (χ1v) is 12.1. The number of rotatable bonds is 2. The fourth-order valence-electron chi connectivity index (χ4n) is 6.02. The van der Waals surface area contributed by atoms with E-state index in [1.165, 1.54) is 12.1 Å². The van der Waals surface area contributed by atoms with Crippen molar-refractivity contribution in [3.63, 3.8) is 0 Å². The third-order valence-corrected chi connectivity index (χ3v) is 7.56. The zero-order valence-electron chi connectivity index (χ0n) is 20.1. The molecule has 1 aliphatic carbocycles. The van der Waals surface area contributed by atoms with Gasteiger partial charge in [0, 0.05) is 48.6 Å². The molecule has 2 aromatic rings. The second-order valence-corrected chi connectivity index (χ2v) is 11.1. The molecule has 1 spiro atoms. The normalized spacial score (nSPS) is 25.4. The number of nitrogens with zero attached hydrogens (tertiary/aromatic N) is 1. The molecule has 184 valence electrons. The number of aliphatic hydroxyl groups excluding tert-OH is 1. The number of hydrogen-bond acceptors (Lipinski definition) is 4. The van der Waals surface area contributed by atoms with Crippen molar-refractivity contribution in [2.45, 2.75) is 83.3 Å². The fraction of sp³-hybridized carbons (Fsp3) is 0.593. The van der Waals surface area contributed by atoms with Crippen LogP contribution in [0.1, 0.15) is 104 Å². The van der Waals surface area contributed by atoms with Crippen molar-refractivity contribution in [3.8, 4) is 0 Å². The van der Waals surface area contributed by atoms with Gasteiger partial charge in [0.1, 0.15) is 6.10 Å². The standard InChI is InChI=1S/C27H32F3NO3/c1-15(2)23-21-22(20-18(31-23)13-25(3,4)14-19(20)32)26(9-11-33-12-10-26)34-24(21)16-5-7-17(8-6-16)27(28,29)30/h5-8,15,19,24,32H,9-14H2,1-4H3/t19-,24+/m1/s1. The maximum Gasteiger partial charge on any atom is 0.416 e. The van der Waals surface area contributed by atoms with Crippen LogP contribution in [-0.4, -0.2) is 23.3 Å². The molecule has 0 saturated carbocycles. The lowest BCUT2D eigenvalue weighted by Crippen LogP contribution is -2.37. The molecule has 1 aromatic heterocycles. The number of aliphatic hydroxyl groups is 1. The molecule has 0 bridgehead atoms. The van der Waals surface area contributed by atoms with Gasteiger partial charge in [-0.25, -0.2) is 0 Å². The lowest BCUT2D eigenvalue weighted by molar-refractivity contribution is -0.137. The Hall–Kier alpha value is -1.96. The van der Waals surface area contributed by atoms with Crippen molar-refractivity contribution < 1.29 is 27.8 Å². The van der Waals surface area contributed by atoms with E-state index in [4.69, 9.17) is 14.5 Å². The quantitative estimate of drug-likeness (QED) is 0.550. The molecular weight excluding hydrogens is 443 g/mol. The average Bonchev–Trinajstić information content (AvgIpc) is 3.06. The highest BCUT2D eigenvalue weighted by Gasteiger charge is 2.52. The summed E-state index contributed by atoms with van der Waals surface area (Å²) in [6.07, 6.45) is -2.90. The molecule has 3 heterocycles. The van der Waals surface area contributed by atoms with Crippen LogP contribution in [0.4, 0.5) is 13.2 Å². The Bertz CT molecular complexity index is 1090. The van der Waals surface area contributed by atoms with E-state index in [1.54, 1.807) is 0 Å². The van der Waals surface area contributed by atoms with Gasteiger partial charge < -0.3 is 14.6 Å². The molecule has 1 fully saturated rings. The van der Waals surface area contributed by atoms with Gasteiger partial charge in [-0.15, -0.1) is 0 Å². The Morgan fingerprint density at radius 3 is 2.29 bits per heavy atom. The topological polar surface area (TPSA) is 51.6 Å². The van der Waals surface area contributed by atoms with Crippen molar-refractivity contribution in [2.75, 3.05) is 13.2 Å². The van der Waals surface area contributed by atoms with E-state index in [-0.39, 0.29) is 11.3 Å². The maximum atomic E-state index is 13.2. The molecule has 4 nitrogen and oxygen atoms in total. The van der Waals surface area contributed by atoms with E-state index in [0.717, 1.165) is 46.6 Å². The molecular formula is C27H32F3NO3. The Kier molecular flexibility index (Phi) is 5.62. The molecule has 0 amide bonds. The maximum absolute atomic E-state index is 13.2. The molecule has 5 rings (SSSR count). The highest BCUT2D eigenvalue weighted by molar-refractivity contribution is 5.54. The molecule has 1 saturated heterocycles. The summed E-state index contributed by atoms with van der Waals surface area (Å²) in [6.45, 7) is 9.53. The number of fused-ring (bicyclic) bond motifs is 4. The summed E-state index contributed by atoms with van der Waals surface area (Å²) in [6, 6.07) is 5.26. The summed E-state index contributed by atoms with van der Waals surface area (Å²) in [5.74, 6) is 0.0942. The van der Waals surface area contributed by atoms with Crippen molar-refractivity contribution >= 4 is 0 Å². The van der Waals surface area contributed by atoms with E-state index in [0.29, 0.717) is 38.0 Å². The predicted molar refractivity (Wildman–Crippen MR) is 121 cm³/mol. The first-order chi connectivity index (χ1) is 15.9. The largest absolute Gasteiger partial charge is 0.416 e. The molecule has 2 atom stereocenters. The highest BCUT2D eigenvalue weighted by atomic mass is 19.4. The lowest BCUT2D eigenvalue weighted by Gasteiger charge is -2.40. The molecule has 3 aliphatic rings. The zero-order valence-corrected chi connectivity index (χ0v) is 20.1. The number of ether oxygens (including phenoxy) is 2. The minimum atomic E-state index is -4.39. The number of alkyl halides is 3. The van der Waals surface area contributed by atoms with Crippen molar-refractivity contribution in [1.29, 1.82) is 0 Å². The van der Waals surface area contributed by atoms with E-state index in [9.17, 15) is 18.3 Å². The van der Waals surface area contributed by atoms with E-state index < -0.39 is 29.5 Å². The zero-order chi connectivity index (χ0) is 24.5. The first-order valence-electron chi connectivity index (χ1n) is 12.1. The second kappa shape index (κ2) is 8.04. The molecule has 0 radical (unpaired) electrons. The van der Waals surface area contributed by atoms with Gasteiger partial charge in [-0.3, -0.25) is 4.98 Å². The van der Waals surface area contributed by atoms with E-state index in [1.807, 2.05) is 0 Å². The molecule has 1 aromatic carbocycles. The van der Waals surface area contributed by atoms with Crippen LogP contribution < -0.4 is 0 Å². The summed E-state index contributed by atoms with van der Waals surface area (Å²) < 4.78 is 52.1. The molecule has 0 unspecified atom stereocenters. The van der Waals surface area contributed by atoms with Gasteiger partial charge in [0.25, 0.3) is 0 Å². The van der Waals surface area contributed by atoms with Crippen LogP contribution in [0.5, 0.6) is 0 Å². The second-order valence-electron chi connectivity index (χ2n) is 11.1. The van der Waals surface area contributed by atoms with Crippen molar-refractivity contribution in [1.82, 2.24) is 4.98 Å². The summed E-state index contributed by atoms with van der Waals surface area (Å²) in [5, 5.41) is 11.3. The molecule has 1 N–H and O–H groups in total. The third-order valence-electron chi connectivity index (χ3n) is 7.56. The third kappa shape index (κ3) is 3.86. The summed E-state index contributed by atoms with van der Waals surface area (Å²) >= 11 is 0. The van der Waals surface area contributed by atoms with Crippen LogP contribution >= 0.6 is 0 Å². The Morgan fingerprint density at radius 2 is 1.71 bits per heavy atom. The smallest absolute Gasteiger partial charge is 0.388 e. The van der Waals surface area contributed by atoms with Crippen LogP contribution in [0.25, 0.3) is 0 Å². The van der Waals surface area contributed by atoms with Crippen LogP contribution in [0, 0.1) is 5.41 Å². The van der Waals surface area contributed by atoms with Gasteiger partial charge in [-0.2, -0.15) is 13.2 Å². The number of pyridine rings is 1.